The number of nitrogens with one attached hydrogen (secondary N) is 1. The van der Waals surface area contributed by atoms with Crippen LogP contribution in [-0.4, -0.2) is 19.6 Å². The molecular weight excluding hydrogens is 286 g/mol. The fourth-order valence-corrected chi connectivity index (χ4v) is 4.71. The van der Waals surface area contributed by atoms with E-state index in [4.69, 9.17) is 0 Å². The zero-order chi connectivity index (χ0) is 15.5. The van der Waals surface area contributed by atoms with Crippen molar-refractivity contribution in [3.05, 3.63) is 29.3 Å². The molecule has 0 bridgehead atoms. The first-order valence-electron chi connectivity index (χ1n) is 7.71. The molecule has 1 fully saturated rings. The van der Waals surface area contributed by atoms with Crippen LogP contribution in [0.2, 0.25) is 0 Å². The highest BCUT2D eigenvalue weighted by Gasteiger charge is 2.26. The van der Waals surface area contributed by atoms with Crippen LogP contribution < -0.4 is 4.72 Å². The molecule has 1 aliphatic carbocycles. The molecule has 0 aliphatic heterocycles. The Labute approximate surface area is 127 Å². The van der Waals surface area contributed by atoms with Crippen LogP contribution in [0, 0.1) is 5.92 Å². The fourth-order valence-electron chi connectivity index (χ4n) is 3.06. The summed E-state index contributed by atoms with van der Waals surface area (Å²) in [5.41, 5.74) is 1.42. The van der Waals surface area contributed by atoms with Crippen LogP contribution in [0.1, 0.15) is 50.7 Å². The van der Waals surface area contributed by atoms with Crippen LogP contribution in [0.15, 0.2) is 23.1 Å². The van der Waals surface area contributed by atoms with E-state index in [1.807, 2.05) is 6.92 Å². The molecule has 2 N–H and O–H groups in total. The van der Waals surface area contributed by atoms with Crippen molar-refractivity contribution in [1.29, 1.82) is 0 Å². The zero-order valence-corrected chi connectivity index (χ0v) is 13.6. The first-order valence-corrected chi connectivity index (χ1v) is 9.19. The minimum absolute atomic E-state index is 0.0289. The molecular formula is C16H25NO3S. The maximum atomic E-state index is 12.7. The van der Waals surface area contributed by atoms with E-state index in [1.165, 1.54) is 6.42 Å². The zero-order valence-electron chi connectivity index (χ0n) is 12.8. The normalized spacial score (nSPS) is 23.2. The molecule has 0 spiro atoms. The van der Waals surface area contributed by atoms with Gasteiger partial charge in [-0.1, -0.05) is 38.8 Å². The van der Waals surface area contributed by atoms with Gasteiger partial charge in [0.15, 0.2) is 0 Å². The van der Waals surface area contributed by atoms with Gasteiger partial charge in [0, 0.05) is 6.04 Å². The molecule has 0 amide bonds. The maximum absolute atomic E-state index is 12.7. The summed E-state index contributed by atoms with van der Waals surface area (Å²) in [6.07, 6.45) is 4.72. The van der Waals surface area contributed by atoms with E-state index >= 15 is 0 Å². The SMILES string of the molecule is CCc1ccc(CO)cc1S(=O)(=O)NC1CCCC(C)C1. The third kappa shape index (κ3) is 4.05. The number of sulfonamides is 1. The van der Waals surface area contributed by atoms with Gasteiger partial charge in [0.1, 0.15) is 0 Å². The van der Waals surface area contributed by atoms with Crippen molar-refractivity contribution >= 4 is 10.0 Å². The molecule has 2 atom stereocenters. The van der Waals surface area contributed by atoms with Crippen molar-refractivity contribution in [2.24, 2.45) is 5.92 Å². The van der Waals surface area contributed by atoms with Crippen LogP contribution in [0.4, 0.5) is 0 Å². The highest BCUT2D eigenvalue weighted by molar-refractivity contribution is 7.89. The van der Waals surface area contributed by atoms with E-state index in [0.29, 0.717) is 22.8 Å². The summed E-state index contributed by atoms with van der Waals surface area (Å²) in [4.78, 5) is 0.315. The lowest BCUT2D eigenvalue weighted by Crippen LogP contribution is -2.38. The van der Waals surface area contributed by atoms with E-state index in [0.717, 1.165) is 24.8 Å². The molecule has 1 aliphatic rings. The van der Waals surface area contributed by atoms with E-state index in [9.17, 15) is 13.5 Å². The first kappa shape index (κ1) is 16.5. The highest BCUT2D eigenvalue weighted by atomic mass is 32.2. The largest absolute Gasteiger partial charge is 0.392 e. The van der Waals surface area contributed by atoms with Gasteiger partial charge < -0.3 is 5.11 Å². The summed E-state index contributed by atoms with van der Waals surface area (Å²) >= 11 is 0. The second kappa shape index (κ2) is 6.90. The van der Waals surface area contributed by atoms with Gasteiger partial charge in [-0.3, -0.25) is 0 Å². The monoisotopic (exact) mass is 311 g/mol. The molecule has 0 saturated heterocycles. The van der Waals surface area contributed by atoms with E-state index in [1.54, 1.807) is 18.2 Å². The van der Waals surface area contributed by atoms with Gasteiger partial charge in [-0.05, 0) is 42.4 Å². The third-order valence-electron chi connectivity index (χ3n) is 4.24. The van der Waals surface area contributed by atoms with E-state index in [-0.39, 0.29) is 12.6 Å². The van der Waals surface area contributed by atoms with Crippen molar-refractivity contribution < 1.29 is 13.5 Å². The Morgan fingerprint density at radius 2 is 2.10 bits per heavy atom. The Hall–Kier alpha value is -0.910. The Morgan fingerprint density at radius 1 is 1.33 bits per heavy atom. The average Bonchev–Trinajstić information content (AvgIpc) is 2.46. The minimum atomic E-state index is -3.52. The summed E-state index contributed by atoms with van der Waals surface area (Å²) in [5, 5.41) is 9.23. The number of rotatable bonds is 5. The van der Waals surface area contributed by atoms with Crippen molar-refractivity contribution in [2.75, 3.05) is 0 Å². The van der Waals surface area contributed by atoms with Gasteiger partial charge in [-0.15, -0.1) is 0 Å². The fraction of sp³-hybridized carbons (Fsp3) is 0.625. The molecule has 118 valence electrons. The Morgan fingerprint density at radius 3 is 2.71 bits per heavy atom. The lowest BCUT2D eigenvalue weighted by molar-refractivity contribution is 0.281. The quantitative estimate of drug-likeness (QED) is 0.878. The van der Waals surface area contributed by atoms with Crippen molar-refractivity contribution in [2.45, 2.75) is 63.5 Å². The second-order valence-corrected chi connectivity index (χ2v) is 7.73. The van der Waals surface area contributed by atoms with Crippen LogP contribution in [-0.2, 0) is 23.1 Å². The predicted molar refractivity (Wildman–Crippen MR) is 83.5 cm³/mol. The predicted octanol–water partition coefficient (Wildman–Crippen LogP) is 2.60. The van der Waals surface area contributed by atoms with Gasteiger partial charge in [-0.25, -0.2) is 13.1 Å². The van der Waals surface area contributed by atoms with Gasteiger partial charge in [0.05, 0.1) is 11.5 Å². The topological polar surface area (TPSA) is 66.4 Å². The lowest BCUT2D eigenvalue weighted by atomic mass is 9.88. The molecule has 1 aromatic rings. The summed E-state index contributed by atoms with van der Waals surface area (Å²) < 4.78 is 28.2. The smallest absolute Gasteiger partial charge is 0.241 e. The molecule has 4 nitrogen and oxygen atoms in total. The molecule has 1 saturated carbocycles. The van der Waals surface area contributed by atoms with Crippen molar-refractivity contribution in [3.8, 4) is 0 Å². The summed E-state index contributed by atoms with van der Waals surface area (Å²) in [6, 6.07) is 5.19. The van der Waals surface area contributed by atoms with Gasteiger partial charge >= 0.3 is 0 Å². The minimum Gasteiger partial charge on any atom is -0.392 e. The van der Waals surface area contributed by atoms with Gasteiger partial charge in [0.25, 0.3) is 0 Å². The highest BCUT2D eigenvalue weighted by Crippen LogP contribution is 2.26. The van der Waals surface area contributed by atoms with Crippen molar-refractivity contribution in [1.82, 2.24) is 4.72 Å². The second-order valence-electron chi connectivity index (χ2n) is 6.04. The number of aliphatic hydroxyl groups excluding tert-OH is 1. The summed E-state index contributed by atoms with van der Waals surface area (Å²) in [6.45, 7) is 3.97. The Balaban J connectivity index is 2.26. The van der Waals surface area contributed by atoms with Crippen LogP contribution in [0.25, 0.3) is 0 Å². The number of benzene rings is 1. The van der Waals surface area contributed by atoms with Crippen LogP contribution in [0.3, 0.4) is 0 Å². The Bertz CT molecular complexity index is 583. The molecule has 5 heteroatoms. The molecule has 0 heterocycles. The molecule has 2 unspecified atom stereocenters. The molecule has 0 radical (unpaired) electrons. The molecule has 0 aromatic heterocycles. The molecule has 2 rings (SSSR count). The van der Waals surface area contributed by atoms with Gasteiger partial charge in [0.2, 0.25) is 10.0 Å². The lowest BCUT2D eigenvalue weighted by Gasteiger charge is -2.27. The van der Waals surface area contributed by atoms with Crippen molar-refractivity contribution in [3.63, 3.8) is 0 Å². The average molecular weight is 311 g/mol. The number of aryl methyl sites for hydroxylation is 1. The number of hydrogen-bond donors (Lipinski definition) is 2. The van der Waals surface area contributed by atoms with E-state index < -0.39 is 10.0 Å². The molecule has 1 aromatic carbocycles. The summed E-state index contributed by atoms with van der Waals surface area (Å²) in [5.74, 6) is 0.570. The first-order chi connectivity index (χ1) is 9.96. The van der Waals surface area contributed by atoms with E-state index in [2.05, 4.69) is 11.6 Å². The maximum Gasteiger partial charge on any atom is 0.241 e. The summed E-state index contributed by atoms with van der Waals surface area (Å²) in [7, 11) is -3.52. The third-order valence-corrected chi connectivity index (χ3v) is 5.85. The van der Waals surface area contributed by atoms with Crippen LogP contribution >= 0.6 is 0 Å². The Kier molecular flexibility index (Phi) is 5.41. The number of hydrogen-bond acceptors (Lipinski definition) is 3. The standard InChI is InChI=1S/C16H25NO3S/c1-3-14-8-7-13(11-18)10-16(14)21(19,20)17-15-6-4-5-12(2)9-15/h7-8,10,12,15,17-18H,3-6,9,11H2,1-2H3. The molecule has 21 heavy (non-hydrogen) atoms. The van der Waals surface area contributed by atoms with Gasteiger partial charge in [-0.2, -0.15) is 0 Å². The number of aliphatic hydroxyl groups is 1. The van der Waals surface area contributed by atoms with Crippen LogP contribution in [0.5, 0.6) is 0 Å².